The Morgan fingerprint density at radius 3 is 2.57 bits per heavy atom. The van der Waals surface area contributed by atoms with Gasteiger partial charge in [-0.25, -0.2) is 0 Å². The molecule has 6 heteroatoms. The predicted molar refractivity (Wildman–Crippen MR) is 44.5 cm³/mol. The Balaban J connectivity index is 3.35. The van der Waals surface area contributed by atoms with Crippen LogP contribution in [0.4, 0.5) is 0 Å². The second kappa shape index (κ2) is 8.18. The summed E-state index contributed by atoms with van der Waals surface area (Å²) in [5.41, 5.74) is 0. The molecule has 0 aromatic heterocycles. The molecular formula is C8H12O6. The quantitative estimate of drug-likeness (QED) is 0.225. The van der Waals surface area contributed by atoms with Gasteiger partial charge in [0, 0.05) is 0 Å². The fourth-order valence-electron chi connectivity index (χ4n) is 0.625. The summed E-state index contributed by atoms with van der Waals surface area (Å²) in [7, 11) is 1.20. The molecule has 0 aromatic rings. The number of methoxy groups -OCH3 is 1. The Bertz CT molecular complexity index is 200. The van der Waals surface area contributed by atoms with Crippen LogP contribution in [0.1, 0.15) is 6.42 Å². The third kappa shape index (κ3) is 7.23. The first-order valence-electron chi connectivity index (χ1n) is 3.92. The van der Waals surface area contributed by atoms with Gasteiger partial charge in [-0.3, -0.25) is 14.4 Å². The maximum absolute atomic E-state index is 10.9. The molecule has 0 fully saturated rings. The molecule has 0 atom stereocenters. The molecule has 0 radical (unpaired) electrons. The maximum atomic E-state index is 10.9. The predicted octanol–water partition coefficient (Wildman–Crippen LogP) is -0.692. The second-order valence-electron chi connectivity index (χ2n) is 2.31. The molecule has 6 nitrogen and oxygen atoms in total. The Morgan fingerprint density at radius 1 is 1.29 bits per heavy atom. The van der Waals surface area contributed by atoms with Gasteiger partial charge in [0.15, 0.2) is 5.78 Å². The third-order valence-corrected chi connectivity index (χ3v) is 1.25. The molecule has 14 heavy (non-hydrogen) atoms. The van der Waals surface area contributed by atoms with E-state index >= 15 is 0 Å². The summed E-state index contributed by atoms with van der Waals surface area (Å²) in [6, 6.07) is 0. The van der Waals surface area contributed by atoms with Crippen LogP contribution in [0.2, 0.25) is 0 Å². The number of ether oxygens (including phenoxy) is 3. The molecule has 0 aliphatic carbocycles. The number of hydrogen-bond acceptors (Lipinski definition) is 6. The van der Waals surface area contributed by atoms with E-state index in [1.807, 2.05) is 0 Å². The van der Waals surface area contributed by atoms with Crippen LogP contribution in [0, 0.1) is 0 Å². The standard InChI is InChI=1S/C8H12O6/c1-12-8(11)4-7(10)5-13-2-3-14-6-9/h6H,2-5H2,1H3. The van der Waals surface area contributed by atoms with Crippen LogP contribution >= 0.6 is 0 Å². The van der Waals surface area contributed by atoms with E-state index in [4.69, 9.17) is 4.74 Å². The van der Waals surface area contributed by atoms with Gasteiger partial charge in [0.25, 0.3) is 6.47 Å². The minimum atomic E-state index is -0.595. The number of hydrogen-bond donors (Lipinski definition) is 0. The molecule has 0 rings (SSSR count). The number of esters is 1. The average Bonchev–Trinajstić information content (AvgIpc) is 2.17. The van der Waals surface area contributed by atoms with Crippen molar-refractivity contribution in [3.63, 3.8) is 0 Å². The molecule has 0 aliphatic rings. The maximum Gasteiger partial charge on any atom is 0.313 e. The summed E-state index contributed by atoms with van der Waals surface area (Å²) >= 11 is 0. The Labute approximate surface area is 81.1 Å². The molecular weight excluding hydrogens is 192 g/mol. The van der Waals surface area contributed by atoms with Crippen LogP contribution in [0.3, 0.4) is 0 Å². The Hall–Kier alpha value is -1.43. The van der Waals surface area contributed by atoms with Crippen LogP contribution in [0.5, 0.6) is 0 Å². The van der Waals surface area contributed by atoms with Gasteiger partial charge in [0.2, 0.25) is 0 Å². The molecule has 0 amide bonds. The minimum Gasteiger partial charge on any atom is -0.469 e. The van der Waals surface area contributed by atoms with Gasteiger partial charge in [0.1, 0.15) is 19.6 Å². The topological polar surface area (TPSA) is 78.9 Å². The summed E-state index contributed by atoms with van der Waals surface area (Å²) < 4.78 is 13.4. The fourth-order valence-corrected chi connectivity index (χ4v) is 0.625. The van der Waals surface area contributed by atoms with E-state index in [-0.39, 0.29) is 32.0 Å². The second-order valence-corrected chi connectivity index (χ2v) is 2.31. The van der Waals surface area contributed by atoms with Crippen molar-refractivity contribution >= 4 is 18.2 Å². The van der Waals surface area contributed by atoms with Gasteiger partial charge in [-0.1, -0.05) is 0 Å². The molecule has 0 aliphatic heterocycles. The highest BCUT2D eigenvalue weighted by atomic mass is 16.5. The summed E-state index contributed by atoms with van der Waals surface area (Å²) in [6.45, 7) is 0.331. The van der Waals surface area contributed by atoms with Crippen LogP contribution < -0.4 is 0 Å². The van der Waals surface area contributed by atoms with E-state index in [1.165, 1.54) is 7.11 Å². The van der Waals surface area contributed by atoms with Gasteiger partial charge in [0.05, 0.1) is 13.7 Å². The monoisotopic (exact) mass is 204 g/mol. The zero-order valence-electron chi connectivity index (χ0n) is 7.86. The van der Waals surface area contributed by atoms with Gasteiger partial charge in [-0.2, -0.15) is 0 Å². The molecule has 0 unspecified atom stereocenters. The Kier molecular flexibility index (Phi) is 7.35. The highest BCUT2D eigenvalue weighted by Crippen LogP contribution is 1.88. The molecule has 0 heterocycles. The first-order valence-corrected chi connectivity index (χ1v) is 3.92. The van der Waals surface area contributed by atoms with Gasteiger partial charge < -0.3 is 14.2 Å². The molecule has 0 saturated carbocycles. The van der Waals surface area contributed by atoms with Crippen molar-refractivity contribution in [1.29, 1.82) is 0 Å². The summed E-state index contributed by atoms with van der Waals surface area (Å²) in [5.74, 6) is -0.967. The van der Waals surface area contributed by atoms with Crippen molar-refractivity contribution in [2.75, 3.05) is 26.9 Å². The van der Waals surface area contributed by atoms with E-state index in [0.29, 0.717) is 6.47 Å². The number of Topliss-reactive ketones (excluding diaryl/α,β-unsaturated/α-hetero) is 1. The first-order chi connectivity index (χ1) is 6.70. The van der Waals surface area contributed by atoms with E-state index in [1.54, 1.807) is 0 Å². The van der Waals surface area contributed by atoms with Crippen molar-refractivity contribution in [3.05, 3.63) is 0 Å². The van der Waals surface area contributed by atoms with Gasteiger partial charge >= 0.3 is 5.97 Å². The number of carbonyl (C=O) groups is 3. The van der Waals surface area contributed by atoms with E-state index in [0.717, 1.165) is 0 Å². The van der Waals surface area contributed by atoms with Crippen LogP contribution in [0.15, 0.2) is 0 Å². The molecule has 0 N–H and O–H groups in total. The Morgan fingerprint density at radius 2 is 2.00 bits per heavy atom. The highest BCUT2D eigenvalue weighted by Gasteiger charge is 2.08. The van der Waals surface area contributed by atoms with Crippen LogP contribution in [-0.4, -0.2) is 45.2 Å². The van der Waals surface area contributed by atoms with Crippen molar-refractivity contribution in [3.8, 4) is 0 Å². The zero-order chi connectivity index (χ0) is 10.8. The zero-order valence-corrected chi connectivity index (χ0v) is 7.86. The van der Waals surface area contributed by atoms with E-state index in [2.05, 4.69) is 9.47 Å². The van der Waals surface area contributed by atoms with E-state index < -0.39 is 5.97 Å². The highest BCUT2D eigenvalue weighted by molar-refractivity contribution is 5.96. The average molecular weight is 204 g/mol. The molecule has 0 bridgehead atoms. The van der Waals surface area contributed by atoms with Crippen molar-refractivity contribution < 1.29 is 28.6 Å². The van der Waals surface area contributed by atoms with Crippen LogP contribution in [0.25, 0.3) is 0 Å². The largest absolute Gasteiger partial charge is 0.469 e. The van der Waals surface area contributed by atoms with Crippen molar-refractivity contribution in [1.82, 2.24) is 0 Å². The van der Waals surface area contributed by atoms with E-state index in [9.17, 15) is 14.4 Å². The summed E-state index contributed by atoms with van der Waals surface area (Å²) in [6.07, 6.45) is -0.301. The van der Waals surface area contributed by atoms with Crippen LogP contribution in [-0.2, 0) is 28.6 Å². The van der Waals surface area contributed by atoms with Gasteiger partial charge in [-0.05, 0) is 0 Å². The molecule has 0 saturated heterocycles. The number of carbonyl (C=O) groups excluding carboxylic acids is 3. The molecule has 0 spiro atoms. The smallest absolute Gasteiger partial charge is 0.313 e. The lowest BCUT2D eigenvalue weighted by Crippen LogP contribution is -2.16. The summed E-state index contributed by atoms with van der Waals surface area (Å²) in [5, 5.41) is 0. The molecule has 0 aromatic carbocycles. The number of rotatable bonds is 8. The third-order valence-electron chi connectivity index (χ3n) is 1.25. The molecule has 80 valence electrons. The minimum absolute atomic E-state index is 0.0923. The fraction of sp³-hybridized carbons (Fsp3) is 0.625. The lowest BCUT2D eigenvalue weighted by Gasteiger charge is -2.01. The number of ketones is 1. The first kappa shape index (κ1) is 12.6. The SMILES string of the molecule is COC(=O)CC(=O)COCCOC=O. The summed E-state index contributed by atoms with van der Waals surface area (Å²) in [4.78, 5) is 31.2. The van der Waals surface area contributed by atoms with Crippen molar-refractivity contribution in [2.45, 2.75) is 6.42 Å². The van der Waals surface area contributed by atoms with Gasteiger partial charge in [-0.15, -0.1) is 0 Å². The lowest BCUT2D eigenvalue weighted by atomic mass is 10.3. The van der Waals surface area contributed by atoms with Crippen molar-refractivity contribution in [2.24, 2.45) is 0 Å². The normalized spacial score (nSPS) is 9.21. The lowest BCUT2D eigenvalue weighted by molar-refractivity contribution is -0.144.